The number of anilines is 1. The Morgan fingerprint density at radius 3 is 2.25 bits per heavy atom. The molecular weight excluding hydrogens is 454 g/mol. The second kappa shape index (κ2) is 8.09. The zero-order chi connectivity index (χ0) is 22.9. The van der Waals surface area contributed by atoms with Crippen LogP contribution in [0.25, 0.3) is 10.9 Å². The van der Waals surface area contributed by atoms with E-state index in [2.05, 4.69) is 15.5 Å². The number of benzene rings is 3. The Balaban J connectivity index is 1.68. The number of para-hydroxylation sites is 1. The number of aromatic amines is 1. The van der Waals surface area contributed by atoms with Crippen LogP contribution in [0.1, 0.15) is 10.5 Å². The fourth-order valence-electron chi connectivity index (χ4n) is 3.06. The van der Waals surface area contributed by atoms with Crippen LogP contribution in [0.3, 0.4) is 0 Å². The molecule has 0 atom stereocenters. The number of carbonyl (C=O) groups is 1. The van der Waals surface area contributed by atoms with Crippen LogP contribution in [0.15, 0.2) is 82.6 Å². The highest BCUT2D eigenvalue weighted by Gasteiger charge is 2.26. The quantitative estimate of drug-likeness (QED) is 0.413. The van der Waals surface area contributed by atoms with E-state index in [0.29, 0.717) is 16.6 Å². The summed E-state index contributed by atoms with van der Waals surface area (Å²) in [5.74, 6) is -0.596. The smallest absolute Gasteiger partial charge is 0.340 e. The summed E-state index contributed by atoms with van der Waals surface area (Å²) < 4.78 is 54.8. The minimum absolute atomic E-state index is 0.0447. The Hall–Kier alpha value is -3.70. The Morgan fingerprint density at radius 1 is 0.906 bits per heavy atom. The third kappa shape index (κ3) is 4.34. The highest BCUT2D eigenvalue weighted by Crippen LogP contribution is 2.28. The number of sulfone groups is 1. The van der Waals surface area contributed by atoms with E-state index in [1.165, 1.54) is 36.4 Å². The van der Waals surface area contributed by atoms with Crippen molar-refractivity contribution in [3.63, 3.8) is 0 Å². The molecule has 0 fully saturated rings. The van der Waals surface area contributed by atoms with Gasteiger partial charge in [-0.05, 0) is 42.5 Å². The molecule has 11 heteroatoms. The lowest BCUT2D eigenvalue weighted by Gasteiger charge is -2.10. The van der Waals surface area contributed by atoms with E-state index in [0.717, 1.165) is 12.3 Å². The van der Waals surface area contributed by atoms with Gasteiger partial charge in [-0.3, -0.25) is 9.89 Å². The van der Waals surface area contributed by atoms with Gasteiger partial charge in [0.15, 0.2) is 15.5 Å². The molecule has 0 aliphatic rings. The molecule has 3 aromatic carbocycles. The average molecular weight is 472 g/mol. The maximum atomic E-state index is 12.8. The van der Waals surface area contributed by atoms with Crippen molar-refractivity contribution in [1.29, 1.82) is 0 Å². The molecule has 0 aliphatic heterocycles. The van der Waals surface area contributed by atoms with Crippen molar-refractivity contribution in [3.05, 3.63) is 78.5 Å². The molecule has 0 saturated heterocycles. The van der Waals surface area contributed by atoms with Crippen LogP contribution < -0.4 is 9.50 Å². The maximum Gasteiger partial charge on any atom is 0.340 e. The fourth-order valence-corrected chi connectivity index (χ4v) is 5.59. The monoisotopic (exact) mass is 471 g/mol. The van der Waals surface area contributed by atoms with E-state index < -0.39 is 30.8 Å². The van der Waals surface area contributed by atoms with Gasteiger partial charge in [0.1, 0.15) is 10.6 Å². The van der Waals surface area contributed by atoms with Crippen molar-refractivity contribution in [2.75, 3.05) is 11.6 Å². The Bertz CT molecular complexity index is 1530. The van der Waals surface area contributed by atoms with Crippen LogP contribution in [-0.4, -0.2) is 39.2 Å². The summed E-state index contributed by atoms with van der Waals surface area (Å²) in [4.78, 5) is 11.8. The predicted molar refractivity (Wildman–Crippen MR) is 118 cm³/mol. The van der Waals surface area contributed by atoms with Gasteiger partial charge in [-0.25, -0.2) is 8.42 Å². The molecule has 0 unspecified atom stereocenters. The minimum atomic E-state index is -4.47. The van der Waals surface area contributed by atoms with E-state index in [1.807, 2.05) is 6.07 Å². The van der Waals surface area contributed by atoms with Crippen molar-refractivity contribution in [2.24, 2.45) is 0 Å². The molecule has 1 amide bonds. The van der Waals surface area contributed by atoms with Crippen molar-refractivity contribution in [1.82, 2.24) is 10.2 Å². The zero-order valence-electron chi connectivity index (χ0n) is 16.6. The second-order valence-electron chi connectivity index (χ2n) is 6.86. The summed E-state index contributed by atoms with van der Waals surface area (Å²) >= 11 is 0. The lowest BCUT2D eigenvalue weighted by atomic mass is 10.2. The lowest BCUT2D eigenvalue weighted by molar-refractivity contribution is 0.102. The van der Waals surface area contributed by atoms with Crippen LogP contribution in [0.4, 0.5) is 5.69 Å². The number of nitrogens with zero attached hydrogens (tertiary/aromatic N) is 1. The molecule has 0 aliphatic carbocycles. The topological polar surface area (TPSA) is 135 Å². The summed E-state index contributed by atoms with van der Waals surface area (Å²) in [5.41, 5.74) is 1.11. The van der Waals surface area contributed by atoms with E-state index in [9.17, 15) is 21.6 Å². The summed E-state index contributed by atoms with van der Waals surface area (Å²) in [6.07, 6.45) is 0.913. The molecule has 4 rings (SSSR count). The van der Waals surface area contributed by atoms with Crippen LogP contribution in [0.5, 0.6) is 5.75 Å². The molecule has 4 aromatic rings. The minimum Gasteiger partial charge on any atom is -0.379 e. The van der Waals surface area contributed by atoms with Gasteiger partial charge >= 0.3 is 10.1 Å². The van der Waals surface area contributed by atoms with E-state index in [4.69, 9.17) is 4.18 Å². The van der Waals surface area contributed by atoms with Crippen molar-refractivity contribution in [2.45, 2.75) is 9.79 Å². The van der Waals surface area contributed by atoms with E-state index in [-0.39, 0.29) is 16.3 Å². The van der Waals surface area contributed by atoms with Gasteiger partial charge in [0, 0.05) is 17.3 Å². The Morgan fingerprint density at radius 2 is 1.56 bits per heavy atom. The van der Waals surface area contributed by atoms with E-state index in [1.54, 1.807) is 24.3 Å². The zero-order valence-corrected chi connectivity index (χ0v) is 18.3. The number of nitrogens with one attached hydrogen (secondary N) is 2. The van der Waals surface area contributed by atoms with E-state index >= 15 is 0 Å². The number of carbonyl (C=O) groups excluding carboxylic acids is 1. The molecule has 9 nitrogen and oxygen atoms in total. The molecule has 0 radical (unpaired) electrons. The second-order valence-corrected chi connectivity index (χ2v) is 10.4. The molecule has 1 heterocycles. The summed E-state index contributed by atoms with van der Waals surface area (Å²) in [7, 11) is -8.28. The Labute approximate surface area is 184 Å². The fraction of sp³-hybridized carbons (Fsp3) is 0.0476. The molecular formula is C21H17N3O6S2. The first kappa shape index (κ1) is 21.5. The predicted octanol–water partition coefficient (Wildman–Crippen LogP) is 2.99. The SMILES string of the molecule is CS(=O)(=O)c1ccccc1S(=O)(=O)Oc1ccc2[nH]nc(C(=O)Nc3ccccc3)c2c1. The molecule has 1 aromatic heterocycles. The number of aromatic nitrogens is 2. The van der Waals surface area contributed by atoms with Crippen LogP contribution >= 0.6 is 0 Å². The summed E-state index contributed by atoms with van der Waals surface area (Å²) in [6.45, 7) is 0. The van der Waals surface area contributed by atoms with Crippen molar-refractivity contribution >= 4 is 42.5 Å². The van der Waals surface area contributed by atoms with Gasteiger partial charge in [0.25, 0.3) is 5.91 Å². The molecule has 0 spiro atoms. The van der Waals surface area contributed by atoms with Gasteiger partial charge in [-0.2, -0.15) is 13.5 Å². The average Bonchev–Trinajstić information content (AvgIpc) is 3.17. The van der Waals surface area contributed by atoms with Gasteiger partial charge in [0.05, 0.1) is 10.4 Å². The van der Waals surface area contributed by atoms with Gasteiger partial charge < -0.3 is 9.50 Å². The number of H-pyrrole nitrogens is 1. The summed E-state index contributed by atoms with van der Waals surface area (Å²) in [5, 5.41) is 9.77. The first-order chi connectivity index (χ1) is 15.1. The summed E-state index contributed by atoms with van der Waals surface area (Å²) in [6, 6.07) is 18.2. The molecule has 2 N–H and O–H groups in total. The van der Waals surface area contributed by atoms with Gasteiger partial charge in [0.2, 0.25) is 0 Å². The molecule has 0 bridgehead atoms. The highest BCUT2D eigenvalue weighted by atomic mass is 32.2. The molecule has 0 saturated carbocycles. The maximum absolute atomic E-state index is 12.8. The van der Waals surface area contributed by atoms with Crippen LogP contribution in [-0.2, 0) is 20.0 Å². The highest BCUT2D eigenvalue weighted by molar-refractivity contribution is 7.92. The van der Waals surface area contributed by atoms with Crippen LogP contribution in [0.2, 0.25) is 0 Å². The largest absolute Gasteiger partial charge is 0.379 e. The lowest BCUT2D eigenvalue weighted by Crippen LogP contribution is -2.14. The van der Waals surface area contributed by atoms with Gasteiger partial charge in [-0.1, -0.05) is 30.3 Å². The van der Waals surface area contributed by atoms with Crippen molar-refractivity contribution in [3.8, 4) is 5.75 Å². The number of amides is 1. The molecule has 32 heavy (non-hydrogen) atoms. The number of fused-ring (bicyclic) bond motifs is 1. The third-order valence-electron chi connectivity index (χ3n) is 4.50. The number of hydrogen-bond acceptors (Lipinski definition) is 7. The first-order valence-corrected chi connectivity index (χ1v) is 12.5. The third-order valence-corrected chi connectivity index (χ3v) is 7.10. The standard InChI is InChI=1S/C21H17N3O6S2/c1-31(26,27)18-9-5-6-10-19(18)32(28,29)30-15-11-12-17-16(13-15)20(24-23-17)21(25)22-14-7-3-2-4-8-14/h2-13H,1H3,(H,22,25)(H,23,24). The van der Waals surface area contributed by atoms with Crippen LogP contribution in [0, 0.1) is 0 Å². The molecule has 164 valence electrons. The van der Waals surface area contributed by atoms with Gasteiger partial charge in [-0.15, -0.1) is 0 Å². The Kier molecular flexibility index (Phi) is 5.45. The van der Waals surface area contributed by atoms with Crippen molar-refractivity contribution < 1.29 is 25.8 Å². The number of rotatable bonds is 6. The first-order valence-electron chi connectivity index (χ1n) is 9.23. The normalized spacial score (nSPS) is 11.9. The number of hydrogen-bond donors (Lipinski definition) is 2.